The lowest BCUT2D eigenvalue weighted by Gasteiger charge is -2.14. The highest BCUT2D eigenvalue weighted by Crippen LogP contribution is 2.36. The van der Waals surface area contributed by atoms with Crippen molar-refractivity contribution in [3.63, 3.8) is 0 Å². The van der Waals surface area contributed by atoms with Gasteiger partial charge in [-0.3, -0.25) is 9.36 Å². The molecule has 1 aliphatic rings. The van der Waals surface area contributed by atoms with E-state index in [1.54, 1.807) is 30.9 Å². The number of rotatable bonds is 6. The molecule has 33 heavy (non-hydrogen) atoms. The number of anilines is 1. The normalized spacial score (nSPS) is 15.8. The summed E-state index contributed by atoms with van der Waals surface area (Å²) in [4.78, 5) is 22.8. The maximum atomic E-state index is 13.3. The summed E-state index contributed by atoms with van der Waals surface area (Å²) in [6, 6.07) is 12.9. The maximum Gasteiger partial charge on any atom is 0.257 e. The molecule has 9 heteroatoms. The number of ether oxygens (including phenoxy) is 3. The van der Waals surface area contributed by atoms with Gasteiger partial charge >= 0.3 is 0 Å². The van der Waals surface area contributed by atoms with E-state index >= 15 is 0 Å². The van der Waals surface area contributed by atoms with Crippen LogP contribution in [-0.4, -0.2) is 53.9 Å². The third kappa shape index (κ3) is 3.70. The van der Waals surface area contributed by atoms with E-state index in [0.717, 1.165) is 19.4 Å². The minimum Gasteiger partial charge on any atom is -0.497 e. The molecule has 1 fully saturated rings. The number of carbonyl (C=O) groups is 1. The number of para-hydroxylation sites is 2. The summed E-state index contributed by atoms with van der Waals surface area (Å²) in [5, 5.41) is 2.96. The molecule has 3 heterocycles. The standard InChI is InChI=1S/C24H25N5O4/c1-31-14-9-10-18(19(12-14)32-2)29-22(25)20(24(30)26-13-15-6-5-11-33-15)21-23(29)28-17-8-4-3-7-16(17)27-21/h3-4,7-10,12,15H,5-6,11,13,25H2,1-2H3,(H,26,30)/t15-/m1/s1. The zero-order chi connectivity index (χ0) is 22.9. The van der Waals surface area contributed by atoms with Gasteiger partial charge in [0.05, 0.1) is 37.0 Å². The van der Waals surface area contributed by atoms with Crippen LogP contribution in [0, 0.1) is 0 Å². The Hall–Kier alpha value is -3.85. The number of nitrogen functional groups attached to an aromatic ring is 1. The molecule has 3 N–H and O–H groups in total. The zero-order valence-electron chi connectivity index (χ0n) is 18.5. The number of carbonyl (C=O) groups excluding carboxylic acids is 1. The molecule has 0 bridgehead atoms. The highest BCUT2D eigenvalue weighted by molar-refractivity contribution is 6.11. The van der Waals surface area contributed by atoms with Gasteiger partial charge in [0.2, 0.25) is 0 Å². The van der Waals surface area contributed by atoms with Crippen LogP contribution in [0.4, 0.5) is 5.82 Å². The number of fused-ring (bicyclic) bond motifs is 2. The van der Waals surface area contributed by atoms with Crippen LogP contribution in [-0.2, 0) is 4.74 Å². The van der Waals surface area contributed by atoms with E-state index in [1.165, 1.54) is 0 Å². The Balaban J connectivity index is 1.69. The fraction of sp³-hybridized carbons (Fsp3) is 0.292. The SMILES string of the molecule is COc1ccc(-n2c(N)c(C(=O)NC[C@H]3CCCO3)c3nc4ccccc4nc32)c(OC)c1. The molecule has 0 spiro atoms. The Labute approximate surface area is 190 Å². The summed E-state index contributed by atoms with van der Waals surface area (Å²) in [6.07, 6.45) is 1.93. The fourth-order valence-corrected chi connectivity index (χ4v) is 4.20. The molecule has 0 unspecified atom stereocenters. The molecule has 9 nitrogen and oxygen atoms in total. The minimum absolute atomic E-state index is 0.0112. The van der Waals surface area contributed by atoms with Crippen LogP contribution < -0.4 is 20.5 Å². The van der Waals surface area contributed by atoms with Crippen LogP contribution in [0.1, 0.15) is 23.2 Å². The van der Waals surface area contributed by atoms with E-state index in [2.05, 4.69) is 5.32 Å². The van der Waals surface area contributed by atoms with E-state index in [4.69, 9.17) is 29.9 Å². The molecule has 0 aliphatic carbocycles. The first-order valence-electron chi connectivity index (χ1n) is 10.8. The van der Waals surface area contributed by atoms with Crippen molar-refractivity contribution in [1.29, 1.82) is 0 Å². The predicted octanol–water partition coefficient (Wildman–Crippen LogP) is 3.08. The summed E-state index contributed by atoms with van der Waals surface area (Å²) < 4.78 is 18.3. The van der Waals surface area contributed by atoms with Crippen LogP contribution in [0.25, 0.3) is 27.9 Å². The largest absolute Gasteiger partial charge is 0.497 e. The Kier molecular flexibility index (Phi) is 5.47. The molecule has 0 radical (unpaired) electrons. The lowest BCUT2D eigenvalue weighted by atomic mass is 10.2. The topological polar surface area (TPSA) is 114 Å². The molecule has 2 aromatic heterocycles. The molecular weight excluding hydrogens is 422 g/mol. The molecule has 4 aromatic rings. The quantitative estimate of drug-likeness (QED) is 0.467. The number of nitrogens with one attached hydrogen (secondary N) is 1. The monoisotopic (exact) mass is 447 g/mol. The first-order valence-corrected chi connectivity index (χ1v) is 10.8. The first kappa shape index (κ1) is 21.0. The second kappa shape index (κ2) is 8.59. The molecule has 1 atom stereocenters. The number of amides is 1. The Morgan fingerprint density at radius 3 is 2.67 bits per heavy atom. The third-order valence-corrected chi connectivity index (χ3v) is 5.87. The number of nitrogens with zero attached hydrogens (tertiary/aromatic N) is 3. The summed E-state index contributed by atoms with van der Waals surface area (Å²) in [7, 11) is 3.15. The van der Waals surface area contributed by atoms with Crippen LogP contribution >= 0.6 is 0 Å². The van der Waals surface area contributed by atoms with Gasteiger partial charge in [-0.15, -0.1) is 0 Å². The predicted molar refractivity (Wildman–Crippen MR) is 125 cm³/mol. The maximum absolute atomic E-state index is 13.3. The van der Waals surface area contributed by atoms with Gasteiger partial charge < -0.3 is 25.3 Å². The van der Waals surface area contributed by atoms with Gasteiger partial charge in [0.25, 0.3) is 5.91 Å². The van der Waals surface area contributed by atoms with Gasteiger partial charge in [-0.25, -0.2) is 9.97 Å². The van der Waals surface area contributed by atoms with Crippen LogP contribution in [0.3, 0.4) is 0 Å². The number of methoxy groups -OCH3 is 2. The summed E-state index contributed by atoms with van der Waals surface area (Å²) in [5.41, 5.74) is 9.77. The van der Waals surface area contributed by atoms with E-state index in [9.17, 15) is 4.79 Å². The van der Waals surface area contributed by atoms with Crippen LogP contribution in [0.15, 0.2) is 42.5 Å². The minimum atomic E-state index is -0.316. The smallest absolute Gasteiger partial charge is 0.257 e. The molecule has 1 aliphatic heterocycles. The van der Waals surface area contributed by atoms with Crippen molar-refractivity contribution < 1.29 is 19.0 Å². The number of aromatic nitrogens is 3. The van der Waals surface area contributed by atoms with Gasteiger partial charge in [-0.2, -0.15) is 0 Å². The third-order valence-electron chi connectivity index (χ3n) is 5.87. The van der Waals surface area contributed by atoms with Crippen molar-refractivity contribution in [1.82, 2.24) is 19.9 Å². The van der Waals surface area contributed by atoms with Gasteiger partial charge in [0.15, 0.2) is 5.65 Å². The molecule has 5 rings (SSSR count). The Bertz CT molecular complexity index is 1340. The molecular formula is C24H25N5O4. The lowest BCUT2D eigenvalue weighted by Crippen LogP contribution is -2.32. The van der Waals surface area contributed by atoms with Crippen LogP contribution in [0.2, 0.25) is 0 Å². The number of hydrogen-bond donors (Lipinski definition) is 2. The second-order valence-electron chi connectivity index (χ2n) is 7.86. The summed E-state index contributed by atoms with van der Waals surface area (Å²) >= 11 is 0. The van der Waals surface area contributed by atoms with E-state index in [-0.39, 0.29) is 23.4 Å². The van der Waals surface area contributed by atoms with Crippen LogP contribution in [0.5, 0.6) is 11.5 Å². The van der Waals surface area contributed by atoms with Crippen molar-refractivity contribution in [2.75, 3.05) is 33.1 Å². The fourth-order valence-electron chi connectivity index (χ4n) is 4.20. The Morgan fingerprint density at radius 2 is 1.97 bits per heavy atom. The van der Waals surface area contributed by atoms with Gasteiger partial charge in [0.1, 0.15) is 28.4 Å². The molecule has 1 amide bonds. The van der Waals surface area contributed by atoms with E-state index in [1.807, 2.05) is 30.3 Å². The van der Waals surface area contributed by atoms with Gasteiger partial charge in [-0.1, -0.05) is 12.1 Å². The highest BCUT2D eigenvalue weighted by Gasteiger charge is 2.27. The molecule has 1 saturated heterocycles. The Morgan fingerprint density at radius 1 is 1.18 bits per heavy atom. The number of hydrogen-bond acceptors (Lipinski definition) is 7. The number of nitrogens with two attached hydrogens (primary N) is 1. The average Bonchev–Trinajstić information content (AvgIpc) is 3.46. The number of benzene rings is 2. The van der Waals surface area contributed by atoms with Crippen molar-refractivity contribution in [2.24, 2.45) is 0 Å². The zero-order valence-corrected chi connectivity index (χ0v) is 18.5. The average molecular weight is 447 g/mol. The first-order chi connectivity index (χ1) is 16.1. The van der Waals surface area contributed by atoms with Crippen molar-refractivity contribution in [2.45, 2.75) is 18.9 Å². The molecule has 170 valence electrons. The van der Waals surface area contributed by atoms with Crippen molar-refractivity contribution in [3.8, 4) is 17.2 Å². The highest BCUT2D eigenvalue weighted by atomic mass is 16.5. The molecule has 0 saturated carbocycles. The lowest BCUT2D eigenvalue weighted by molar-refractivity contribution is 0.0859. The summed E-state index contributed by atoms with van der Waals surface area (Å²) in [5.74, 6) is 1.08. The molecule has 2 aromatic carbocycles. The second-order valence-corrected chi connectivity index (χ2v) is 7.86. The van der Waals surface area contributed by atoms with Gasteiger partial charge in [-0.05, 0) is 37.1 Å². The van der Waals surface area contributed by atoms with E-state index < -0.39 is 0 Å². The van der Waals surface area contributed by atoms with Crippen molar-refractivity contribution in [3.05, 3.63) is 48.0 Å². The van der Waals surface area contributed by atoms with Crippen molar-refractivity contribution >= 4 is 33.9 Å². The summed E-state index contributed by atoms with van der Waals surface area (Å²) in [6.45, 7) is 1.13. The van der Waals surface area contributed by atoms with Gasteiger partial charge in [0, 0.05) is 19.2 Å². The van der Waals surface area contributed by atoms with E-state index in [0.29, 0.717) is 45.9 Å².